The van der Waals surface area contributed by atoms with Gasteiger partial charge in [-0.05, 0) is 33.5 Å². The van der Waals surface area contributed by atoms with E-state index in [2.05, 4.69) is 64.3 Å². The zero-order chi connectivity index (χ0) is 13.9. The largest absolute Gasteiger partial charge is 0.365 e. The average molecular weight is 322 g/mol. The fraction of sp³-hybridized carbons (Fsp3) is 0.533. The molecule has 1 atom stereocenters. The minimum Gasteiger partial charge on any atom is -0.365 e. The van der Waals surface area contributed by atoms with Crippen LogP contribution in [0.5, 0.6) is 0 Å². The van der Waals surface area contributed by atoms with E-state index in [1.165, 1.54) is 5.69 Å². The van der Waals surface area contributed by atoms with Crippen molar-refractivity contribution in [2.75, 3.05) is 24.5 Å². The molecule has 1 aliphatic heterocycles. The maximum atomic E-state index is 9.06. The molecular weight excluding hydrogens is 302 g/mol. The summed E-state index contributed by atoms with van der Waals surface area (Å²) in [6.45, 7) is 7.32. The van der Waals surface area contributed by atoms with Crippen molar-refractivity contribution in [3.63, 3.8) is 0 Å². The molecule has 1 fully saturated rings. The predicted octanol–water partition coefficient (Wildman–Crippen LogP) is 3.17. The van der Waals surface area contributed by atoms with Crippen LogP contribution < -0.4 is 10.2 Å². The summed E-state index contributed by atoms with van der Waals surface area (Å²) in [7, 11) is 0. The van der Waals surface area contributed by atoms with Gasteiger partial charge in [0.25, 0.3) is 0 Å². The second-order valence-electron chi connectivity index (χ2n) is 5.89. The number of halogens is 1. The fourth-order valence-electron chi connectivity index (χ4n) is 2.59. The van der Waals surface area contributed by atoms with Gasteiger partial charge in [0.05, 0.1) is 24.2 Å². The van der Waals surface area contributed by atoms with Crippen LogP contribution in [-0.2, 0) is 0 Å². The summed E-state index contributed by atoms with van der Waals surface area (Å²) < 4.78 is 1.09. The molecule has 102 valence electrons. The molecule has 1 saturated heterocycles. The summed E-state index contributed by atoms with van der Waals surface area (Å²) in [5.74, 6) is 0. The van der Waals surface area contributed by atoms with Crippen molar-refractivity contribution in [3.8, 4) is 6.07 Å². The first-order chi connectivity index (χ1) is 9.03. The van der Waals surface area contributed by atoms with Crippen molar-refractivity contribution in [2.24, 2.45) is 5.41 Å². The van der Waals surface area contributed by atoms with Gasteiger partial charge in [-0.2, -0.15) is 5.26 Å². The predicted molar refractivity (Wildman–Crippen MR) is 82.2 cm³/mol. The molecule has 0 aromatic heterocycles. The lowest BCUT2D eigenvalue weighted by atomic mass is 9.92. The third-order valence-electron chi connectivity index (χ3n) is 3.51. The Labute approximate surface area is 123 Å². The smallest absolute Gasteiger partial charge is 0.0643 e. The molecule has 0 bridgehead atoms. The Morgan fingerprint density at radius 1 is 1.47 bits per heavy atom. The maximum absolute atomic E-state index is 9.06. The topological polar surface area (TPSA) is 39.1 Å². The number of benzene rings is 1. The van der Waals surface area contributed by atoms with Gasteiger partial charge in [-0.1, -0.05) is 26.0 Å². The molecule has 1 aromatic carbocycles. The molecule has 0 saturated carbocycles. The molecule has 1 N–H and O–H groups in total. The summed E-state index contributed by atoms with van der Waals surface area (Å²) in [6, 6.07) is 10.8. The van der Waals surface area contributed by atoms with E-state index in [1.54, 1.807) is 0 Å². The van der Waals surface area contributed by atoms with E-state index < -0.39 is 0 Å². The van der Waals surface area contributed by atoms with Crippen molar-refractivity contribution < 1.29 is 0 Å². The standard InChI is InChI=1S/C15H20BrN3/c1-15(2)10-18-9-12(7-8-17)19(11-15)14-6-4-3-5-13(14)16/h3-6,12,18H,7,9-11H2,1-2H3. The van der Waals surface area contributed by atoms with Crippen LogP contribution in [-0.4, -0.2) is 25.7 Å². The van der Waals surface area contributed by atoms with Crippen LogP contribution in [0.4, 0.5) is 5.69 Å². The minimum absolute atomic E-state index is 0.194. The van der Waals surface area contributed by atoms with Gasteiger partial charge in [0.15, 0.2) is 0 Å². The Balaban J connectivity index is 2.35. The second-order valence-corrected chi connectivity index (χ2v) is 6.74. The normalized spacial score (nSPS) is 22.6. The van der Waals surface area contributed by atoms with Crippen molar-refractivity contribution in [1.29, 1.82) is 5.26 Å². The number of nitrogens with one attached hydrogen (secondary N) is 1. The average Bonchev–Trinajstić information content (AvgIpc) is 2.49. The van der Waals surface area contributed by atoms with Crippen LogP contribution in [0, 0.1) is 16.7 Å². The first kappa shape index (κ1) is 14.4. The maximum Gasteiger partial charge on any atom is 0.0643 e. The van der Waals surface area contributed by atoms with Gasteiger partial charge in [0, 0.05) is 24.1 Å². The van der Waals surface area contributed by atoms with Crippen molar-refractivity contribution in [1.82, 2.24) is 5.32 Å². The van der Waals surface area contributed by atoms with Crippen LogP contribution in [0.25, 0.3) is 0 Å². The number of para-hydroxylation sites is 1. The highest BCUT2D eigenvalue weighted by molar-refractivity contribution is 9.10. The zero-order valence-corrected chi connectivity index (χ0v) is 13.1. The molecule has 3 nitrogen and oxygen atoms in total. The first-order valence-electron chi connectivity index (χ1n) is 6.62. The lowest BCUT2D eigenvalue weighted by Crippen LogP contribution is -2.41. The summed E-state index contributed by atoms with van der Waals surface area (Å²) >= 11 is 3.63. The third kappa shape index (κ3) is 3.49. The van der Waals surface area contributed by atoms with Gasteiger partial charge in [-0.25, -0.2) is 0 Å². The number of hydrogen-bond donors (Lipinski definition) is 1. The van der Waals surface area contributed by atoms with E-state index >= 15 is 0 Å². The second kappa shape index (κ2) is 5.94. The Bertz CT molecular complexity index is 479. The molecule has 1 aliphatic rings. The van der Waals surface area contributed by atoms with Crippen LogP contribution in [0.15, 0.2) is 28.7 Å². The fourth-order valence-corrected chi connectivity index (χ4v) is 3.10. The summed E-state index contributed by atoms with van der Waals surface area (Å²) in [4.78, 5) is 2.37. The quantitative estimate of drug-likeness (QED) is 0.909. The highest BCUT2D eigenvalue weighted by atomic mass is 79.9. The molecule has 0 amide bonds. The molecule has 2 rings (SSSR count). The lowest BCUT2D eigenvalue weighted by Gasteiger charge is -2.35. The van der Waals surface area contributed by atoms with Crippen molar-refractivity contribution in [3.05, 3.63) is 28.7 Å². The van der Waals surface area contributed by atoms with Crippen molar-refractivity contribution >= 4 is 21.6 Å². The monoisotopic (exact) mass is 321 g/mol. The van der Waals surface area contributed by atoms with Crippen LogP contribution in [0.2, 0.25) is 0 Å². The molecular formula is C15H20BrN3. The number of nitriles is 1. The SMILES string of the molecule is CC1(C)CNCC(CC#N)N(c2ccccc2Br)C1. The third-order valence-corrected chi connectivity index (χ3v) is 4.18. The van der Waals surface area contributed by atoms with Gasteiger partial charge >= 0.3 is 0 Å². The van der Waals surface area contributed by atoms with Crippen molar-refractivity contribution in [2.45, 2.75) is 26.3 Å². The molecule has 1 unspecified atom stereocenters. The zero-order valence-electron chi connectivity index (χ0n) is 11.5. The van der Waals surface area contributed by atoms with E-state index in [9.17, 15) is 0 Å². The van der Waals surface area contributed by atoms with Gasteiger partial charge in [0.2, 0.25) is 0 Å². The molecule has 1 heterocycles. The number of anilines is 1. The molecule has 0 spiro atoms. The lowest BCUT2D eigenvalue weighted by molar-refractivity contribution is 0.369. The van der Waals surface area contributed by atoms with E-state index in [0.29, 0.717) is 6.42 Å². The first-order valence-corrected chi connectivity index (χ1v) is 7.42. The Morgan fingerprint density at radius 3 is 2.89 bits per heavy atom. The number of hydrogen-bond acceptors (Lipinski definition) is 3. The van der Waals surface area contributed by atoms with E-state index in [0.717, 1.165) is 24.1 Å². The summed E-state index contributed by atoms with van der Waals surface area (Å²) in [6.07, 6.45) is 0.546. The Hall–Kier alpha value is -1.05. The summed E-state index contributed by atoms with van der Waals surface area (Å²) in [5, 5.41) is 12.5. The van der Waals surface area contributed by atoms with E-state index in [1.807, 2.05) is 6.07 Å². The molecule has 4 heteroatoms. The molecule has 1 aromatic rings. The number of rotatable bonds is 2. The minimum atomic E-state index is 0.194. The van der Waals surface area contributed by atoms with Crippen LogP contribution in [0.3, 0.4) is 0 Å². The highest BCUT2D eigenvalue weighted by Crippen LogP contribution is 2.32. The van der Waals surface area contributed by atoms with Crippen LogP contribution >= 0.6 is 15.9 Å². The molecule has 19 heavy (non-hydrogen) atoms. The van der Waals surface area contributed by atoms with Gasteiger partial charge in [-0.3, -0.25) is 0 Å². The Kier molecular flexibility index (Phi) is 4.49. The molecule has 0 aliphatic carbocycles. The molecule has 0 radical (unpaired) electrons. The Morgan fingerprint density at radius 2 is 2.21 bits per heavy atom. The van der Waals surface area contributed by atoms with Gasteiger partial charge in [-0.15, -0.1) is 0 Å². The number of nitrogens with zero attached hydrogens (tertiary/aromatic N) is 2. The van der Waals surface area contributed by atoms with Gasteiger partial charge < -0.3 is 10.2 Å². The summed E-state index contributed by atoms with van der Waals surface area (Å²) in [5.41, 5.74) is 1.37. The van der Waals surface area contributed by atoms with Gasteiger partial charge in [0.1, 0.15) is 0 Å². The van der Waals surface area contributed by atoms with E-state index in [-0.39, 0.29) is 11.5 Å². The van der Waals surface area contributed by atoms with Crippen LogP contribution in [0.1, 0.15) is 20.3 Å². The highest BCUT2D eigenvalue weighted by Gasteiger charge is 2.31. The van der Waals surface area contributed by atoms with E-state index in [4.69, 9.17) is 5.26 Å².